The highest BCUT2D eigenvalue weighted by atomic mass is 35.5. The molecule has 2 saturated heterocycles. The van der Waals surface area contributed by atoms with Gasteiger partial charge in [0.1, 0.15) is 0 Å². The van der Waals surface area contributed by atoms with E-state index in [1.165, 1.54) is 22.5 Å². The molecule has 4 nitrogen and oxygen atoms in total. The molecule has 21 heavy (non-hydrogen) atoms. The molecular formula is C14H18Cl2N2O2S. The minimum Gasteiger partial charge on any atom is -0.311 e. The van der Waals surface area contributed by atoms with Crippen molar-refractivity contribution in [1.82, 2.24) is 9.62 Å². The van der Waals surface area contributed by atoms with E-state index in [-0.39, 0.29) is 16.0 Å². The number of hydrogen-bond acceptors (Lipinski definition) is 3. The molecule has 2 heterocycles. The monoisotopic (exact) mass is 348 g/mol. The number of nitrogens with one attached hydrogen (secondary N) is 1. The SMILES string of the molecule is CN(C1CC2CCC(C1)N2)S(=O)(=O)c1ccc(Cl)c(Cl)c1. The van der Waals surface area contributed by atoms with Crippen LogP contribution in [-0.4, -0.2) is 37.9 Å². The first-order chi connectivity index (χ1) is 9.88. The summed E-state index contributed by atoms with van der Waals surface area (Å²) in [6, 6.07) is 5.39. The fraction of sp³-hybridized carbons (Fsp3) is 0.571. The molecular weight excluding hydrogens is 331 g/mol. The van der Waals surface area contributed by atoms with Gasteiger partial charge in [0.05, 0.1) is 14.9 Å². The van der Waals surface area contributed by atoms with Gasteiger partial charge in [-0.2, -0.15) is 4.31 Å². The summed E-state index contributed by atoms with van der Waals surface area (Å²) in [5.41, 5.74) is 0. The zero-order valence-corrected chi connectivity index (χ0v) is 14.0. The Labute approximate surface area is 135 Å². The zero-order chi connectivity index (χ0) is 15.2. The van der Waals surface area contributed by atoms with E-state index >= 15 is 0 Å². The summed E-state index contributed by atoms with van der Waals surface area (Å²) in [5, 5.41) is 4.14. The maximum atomic E-state index is 12.7. The zero-order valence-electron chi connectivity index (χ0n) is 11.7. The predicted octanol–water partition coefficient (Wildman–Crippen LogP) is 2.90. The Morgan fingerprint density at radius 2 is 1.76 bits per heavy atom. The Morgan fingerprint density at radius 1 is 1.14 bits per heavy atom. The molecule has 2 bridgehead atoms. The quantitative estimate of drug-likeness (QED) is 0.913. The number of nitrogens with zero attached hydrogens (tertiary/aromatic N) is 1. The third-order valence-corrected chi connectivity index (χ3v) is 7.18. The molecule has 0 aliphatic carbocycles. The van der Waals surface area contributed by atoms with Gasteiger partial charge in [-0.05, 0) is 43.9 Å². The predicted molar refractivity (Wildman–Crippen MR) is 84.4 cm³/mol. The second kappa shape index (κ2) is 5.70. The van der Waals surface area contributed by atoms with E-state index in [4.69, 9.17) is 23.2 Å². The summed E-state index contributed by atoms with van der Waals surface area (Å²) < 4.78 is 27.0. The molecule has 2 fully saturated rings. The first-order valence-corrected chi connectivity index (χ1v) is 9.26. The van der Waals surface area contributed by atoms with Gasteiger partial charge < -0.3 is 5.32 Å². The largest absolute Gasteiger partial charge is 0.311 e. The van der Waals surface area contributed by atoms with Crippen LogP contribution in [0.1, 0.15) is 25.7 Å². The van der Waals surface area contributed by atoms with Gasteiger partial charge in [-0.15, -0.1) is 0 Å². The van der Waals surface area contributed by atoms with Crippen molar-refractivity contribution in [3.05, 3.63) is 28.2 Å². The summed E-state index contributed by atoms with van der Waals surface area (Å²) in [5.74, 6) is 0. The first kappa shape index (κ1) is 15.6. The van der Waals surface area contributed by atoms with Gasteiger partial charge in [-0.25, -0.2) is 8.42 Å². The van der Waals surface area contributed by atoms with E-state index in [1.54, 1.807) is 7.05 Å². The molecule has 1 aromatic rings. The first-order valence-electron chi connectivity index (χ1n) is 7.07. The van der Waals surface area contributed by atoms with Crippen molar-refractivity contribution in [1.29, 1.82) is 0 Å². The number of sulfonamides is 1. The Kier molecular flexibility index (Phi) is 4.23. The molecule has 3 rings (SSSR count). The van der Waals surface area contributed by atoms with Crippen LogP contribution in [-0.2, 0) is 10.0 Å². The van der Waals surface area contributed by atoms with Gasteiger partial charge in [-0.3, -0.25) is 0 Å². The van der Waals surface area contributed by atoms with E-state index in [2.05, 4.69) is 5.32 Å². The van der Waals surface area contributed by atoms with E-state index in [0.717, 1.165) is 25.7 Å². The van der Waals surface area contributed by atoms with Crippen LogP contribution in [0.15, 0.2) is 23.1 Å². The minimum atomic E-state index is -3.53. The van der Waals surface area contributed by atoms with Crippen LogP contribution in [0, 0.1) is 0 Å². The maximum Gasteiger partial charge on any atom is 0.243 e. The maximum absolute atomic E-state index is 12.7. The van der Waals surface area contributed by atoms with Crippen molar-refractivity contribution < 1.29 is 8.42 Å². The number of rotatable bonds is 3. The molecule has 2 unspecified atom stereocenters. The fourth-order valence-corrected chi connectivity index (χ4v) is 5.09. The summed E-state index contributed by atoms with van der Waals surface area (Å²) in [7, 11) is -1.87. The Balaban J connectivity index is 1.85. The molecule has 0 aromatic heterocycles. The lowest BCUT2D eigenvalue weighted by molar-refractivity contribution is 0.251. The molecule has 2 atom stereocenters. The van der Waals surface area contributed by atoms with Crippen LogP contribution in [0.5, 0.6) is 0 Å². The van der Waals surface area contributed by atoms with E-state index < -0.39 is 10.0 Å². The van der Waals surface area contributed by atoms with Gasteiger partial charge in [0.2, 0.25) is 10.0 Å². The van der Waals surface area contributed by atoms with Gasteiger partial charge in [0, 0.05) is 25.2 Å². The molecule has 1 aromatic carbocycles. The number of halogens is 2. The van der Waals surface area contributed by atoms with Crippen LogP contribution in [0.25, 0.3) is 0 Å². The summed E-state index contributed by atoms with van der Waals surface area (Å²) in [6.45, 7) is 0. The lowest BCUT2D eigenvalue weighted by atomic mass is 10.0. The lowest BCUT2D eigenvalue weighted by Crippen LogP contribution is -2.48. The molecule has 0 amide bonds. The molecule has 116 valence electrons. The highest BCUT2D eigenvalue weighted by Gasteiger charge is 2.38. The van der Waals surface area contributed by atoms with Crippen molar-refractivity contribution in [2.45, 2.75) is 48.7 Å². The normalized spacial score (nSPS) is 29.0. The van der Waals surface area contributed by atoms with Crippen molar-refractivity contribution >= 4 is 33.2 Å². The van der Waals surface area contributed by atoms with Crippen molar-refractivity contribution in [2.75, 3.05) is 7.05 Å². The van der Waals surface area contributed by atoms with Gasteiger partial charge in [0.15, 0.2) is 0 Å². The minimum absolute atomic E-state index is 0.0446. The highest BCUT2D eigenvalue weighted by Crippen LogP contribution is 2.32. The number of fused-ring (bicyclic) bond motifs is 2. The number of piperidine rings is 1. The van der Waals surface area contributed by atoms with Crippen LogP contribution >= 0.6 is 23.2 Å². The third-order valence-electron chi connectivity index (χ3n) is 4.53. The van der Waals surface area contributed by atoms with E-state index in [0.29, 0.717) is 17.1 Å². The Hall–Kier alpha value is -0.330. The topological polar surface area (TPSA) is 49.4 Å². The third kappa shape index (κ3) is 2.94. The average molecular weight is 349 g/mol. The molecule has 7 heteroatoms. The van der Waals surface area contributed by atoms with Crippen molar-refractivity contribution in [2.24, 2.45) is 0 Å². The second-order valence-electron chi connectivity index (χ2n) is 5.86. The molecule has 0 saturated carbocycles. The van der Waals surface area contributed by atoms with Crippen LogP contribution in [0.2, 0.25) is 10.0 Å². The van der Waals surface area contributed by atoms with E-state index in [9.17, 15) is 8.42 Å². The summed E-state index contributed by atoms with van der Waals surface area (Å²) >= 11 is 11.8. The number of benzene rings is 1. The average Bonchev–Trinajstić information content (AvgIpc) is 2.79. The summed E-state index contributed by atoms with van der Waals surface area (Å²) in [4.78, 5) is 0.199. The van der Waals surface area contributed by atoms with Crippen molar-refractivity contribution in [3.8, 4) is 0 Å². The second-order valence-corrected chi connectivity index (χ2v) is 8.67. The standard InChI is InChI=1S/C14H18Cl2N2O2S/c1-18(11-6-9-2-3-10(7-11)17-9)21(19,20)12-4-5-13(15)14(16)8-12/h4-5,8-11,17H,2-3,6-7H2,1H3. The van der Waals surface area contributed by atoms with E-state index in [1.807, 2.05) is 0 Å². The molecule has 0 radical (unpaired) electrons. The molecule has 1 N–H and O–H groups in total. The molecule has 0 spiro atoms. The van der Waals surface area contributed by atoms with Gasteiger partial charge in [-0.1, -0.05) is 23.2 Å². The van der Waals surface area contributed by atoms with Crippen molar-refractivity contribution in [3.63, 3.8) is 0 Å². The smallest absolute Gasteiger partial charge is 0.243 e. The number of hydrogen-bond donors (Lipinski definition) is 1. The Bertz CT molecular complexity index is 638. The summed E-state index contributed by atoms with van der Waals surface area (Å²) in [6.07, 6.45) is 4.02. The van der Waals surface area contributed by atoms with Gasteiger partial charge in [0.25, 0.3) is 0 Å². The Morgan fingerprint density at radius 3 is 2.33 bits per heavy atom. The van der Waals surface area contributed by atoms with Crippen LogP contribution in [0.3, 0.4) is 0 Å². The van der Waals surface area contributed by atoms with Gasteiger partial charge >= 0.3 is 0 Å². The van der Waals surface area contributed by atoms with Crippen LogP contribution in [0.4, 0.5) is 0 Å². The lowest BCUT2D eigenvalue weighted by Gasteiger charge is -2.34. The molecule has 2 aliphatic heterocycles. The fourth-order valence-electron chi connectivity index (χ4n) is 3.32. The van der Waals surface area contributed by atoms with Crippen LogP contribution < -0.4 is 5.32 Å². The highest BCUT2D eigenvalue weighted by molar-refractivity contribution is 7.89. The molecule has 2 aliphatic rings.